The largest absolute Gasteiger partial charge is 0.507 e. The van der Waals surface area contributed by atoms with Crippen molar-refractivity contribution in [1.82, 2.24) is 4.40 Å². The van der Waals surface area contributed by atoms with Gasteiger partial charge in [0.2, 0.25) is 0 Å². The van der Waals surface area contributed by atoms with Crippen molar-refractivity contribution >= 4 is 142 Å². The Balaban J connectivity index is 1.10. The molecule has 0 amide bonds. The number of benzene rings is 9. The van der Waals surface area contributed by atoms with Gasteiger partial charge in [-0.3, -0.25) is 9.59 Å². The number of rotatable bonds is 3. The Labute approximate surface area is 489 Å². The molecular formula is C70H57B2N3O8S. The molecule has 9 aromatic carbocycles. The van der Waals surface area contributed by atoms with E-state index < -0.39 is 46.0 Å². The summed E-state index contributed by atoms with van der Waals surface area (Å²) in [6.07, 6.45) is 0. The third-order valence-electron chi connectivity index (χ3n) is 18.2. The molecule has 2 radical (unpaired) electrons. The second kappa shape index (κ2) is 16.8. The van der Waals surface area contributed by atoms with Crippen molar-refractivity contribution in [3.8, 4) is 39.9 Å². The number of phenols is 5. The average Bonchev–Trinajstić information content (AvgIpc) is 0.768. The minimum absolute atomic E-state index is 0.0630. The molecule has 3 aromatic heterocycles. The zero-order chi connectivity index (χ0) is 59.0. The maximum absolute atomic E-state index is 16.1. The average molecular weight is 1120 g/mol. The first-order valence-electron chi connectivity index (χ1n) is 28.3. The van der Waals surface area contributed by atoms with Crippen LogP contribution in [0.5, 0.6) is 28.7 Å². The number of para-hydroxylation sites is 2. The Morgan fingerprint density at radius 1 is 0.524 bits per heavy atom. The van der Waals surface area contributed by atoms with Crippen molar-refractivity contribution < 1.29 is 29.9 Å². The third-order valence-corrected chi connectivity index (χ3v) is 19.5. The lowest BCUT2D eigenvalue weighted by Gasteiger charge is -2.42. The first-order chi connectivity index (χ1) is 39.8. The predicted octanol–water partition coefficient (Wildman–Crippen LogP) is 13.5. The van der Waals surface area contributed by atoms with Crippen molar-refractivity contribution in [2.45, 2.75) is 102 Å². The number of aromatic nitrogens is 1. The van der Waals surface area contributed by atoms with Crippen LogP contribution >= 0.6 is 11.8 Å². The molecule has 6 heterocycles. The van der Waals surface area contributed by atoms with E-state index in [0.29, 0.717) is 54.5 Å². The predicted molar refractivity (Wildman–Crippen MR) is 344 cm³/mol. The monoisotopic (exact) mass is 1120 g/mol. The van der Waals surface area contributed by atoms with Crippen LogP contribution in [0.15, 0.2) is 139 Å². The Morgan fingerprint density at radius 3 is 1.83 bits per heavy atom. The summed E-state index contributed by atoms with van der Waals surface area (Å²) in [4.78, 5) is 36.1. The van der Waals surface area contributed by atoms with Gasteiger partial charge in [0.25, 0.3) is 6.71 Å². The molecule has 0 saturated carbocycles. The van der Waals surface area contributed by atoms with E-state index in [0.717, 1.165) is 100 Å². The SMILES string of the molecule is [B]c1c(O)c(O)c2c(c1O)Sc1c(C)c(C)c(O)c(O)c1N2c1ccc2c(c1)N(c1ccc(-c3cccc4c3oc3ccccc34)cc1)c1cc(C(C)(C)C)c3c(=O)c4cc(C(C)(C)C)cc5c(=O)c6cc(C(C)(C)C)cc7c6n(c3c1B27)c54. The number of hydrogen-bond donors (Lipinski definition) is 5. The van der Waals surface area contributed by atoms with Crippen LogP contribution in [0, 0.1) is 13.8 Å². The molecule has 14 heteroatoms. The molecule has 3 aliphatic heterocycles. The summed E-state index contributed by atoms with van der Waals surface area (Å²) in [6, 6.07) is 38.8. The van der Waals surface area contributed by atoms with Gasteiger partial charge in [-0.1, -0.05) is 135 Å². The van der Waals surface area contributed by atoms with Crippen molar-refractivity contribution in [3.63, 3.8) is 0 Å². The van der Waals surface area contributed by atoms with E-state index in [1.165, 1.54) is 0 Å². The summed E-state index contributed by atoms with van der Waals surface area (Å²) in [5, 5.41) is 63.3. The Hall–Kier alpha value is -9.00. The maximum Gasteiger partial charge on any atom is 0.252 e. The summed E-state index contributed by atoms with van der Waals surface area (Å²) in [6.45, 7) is 22.1. The Bertz CT molecular complexity index is 5090. The lowest BCUT2D eigenvalue weighted by Crippen LogP contribution is -2.60. The topological polar surface area (TPSA) is 159 Å². The highest BCUT2D eigenvalue weighted by Crippen LogP contribution is 2.64. The molecular weight excluding hydrogens is 1060 g/mol. The molecule has 0 spiro atoms. The van der Waals surface area contributed by atoms with Gasteiger partial charge in [-0.15, -0.1) is 0 Å². The molecule has 0 bridgehead atoms. The van der Waals surface area contributed by atoms with Crippen LogP contribution in [-0.4, -0.2) is 44.5 Å². The summed E-state index contributed by atoms with van der Waals surface area (Å²) < 4.78 is 8.79. The van der Waals surface area contributed by atoms with Gasteiger partial charge < -0.3 is 44.2 Å². The molecule has 11 nitrogen and oxygen atoms in total. The number of aromatic hydroxyl groups is 5. The van der Waals surface area contributed by atoms with Crippen LogP contribution in [0.25, 0.3) is 71.2 Å². The van der Waals surface area contributed by atoms with E-state index in [9.17, 15) is 25.5 Å². The van der Waals surface area contributed by atoms with E-state index in [2.05, 4.69) is 132 Å². The highest BCUT2D eigenvalue weighted by molar-refractivity contribution is 8.00. The second-order valence-electron chi connectivity index (χ2n) is 26.2. The number of hydrogen-bond acceptors (Lipinski definition) is 11. The number of phenolic OH excluding ortho intramolecular Hbond substituents is 5. The highest BCUT2D eigenvalue weighted by Gasteiger charge is 2.46. The first-order valence-corrected chi connectivity index (χ1v) is 29.1. The fourth-order valence-corrected chi connectivity index (χ4v) is 15.0. The fraction of sp³-hybridized carbons (Fsp3) is 0.200. The van der Waals surface area contributed by atoms with Crippen molar-refractivity contribution in [3.05, 3.63) is 164 Å². The molecule has 12 aromatic rings. The normalized spacial score (nSPS) is 13.9. The van der Waals surface area contributed by atoms with Crippen LogP contribution in [0.1, 0.15) is 90.1 Å². The van der Waals surface area contributed by atoms with E-state index in [1.807, 2.05) is 54.6 Å². The summed E-state index contributed by atoms with van der Waals surface area (Å²) in [5.74, 6) is -2.70. The number of furan rings is 1. The van der Waals surface area contributed by atoms with Crippen molar-refractivity contribution in [2.75, 3.05) is 9.80 Å². The third kappa shape index (κ3) is 6.74. The van der Waals surface area contributed by atoms with Gasteiger partial charge in [0.1, 0.15) is 36.1 Å². The number of pyridine rings is 2. The molecule has 5 N–H and O–H groups in total. The van der Waals surface area contributed by atoms with Gasteiger partial charge in [-0.25, -0.2) is 0 Å². The van der Waals surface area contributed by atoms with Crippen molar-refractivity contribution in [1.29, 1.82) is 0 Å². The molecule has 412 valence electrons. The van der Waals surface area contributed by atoms with Gasteiger partial charge in [-0.05, 0) is 140 Å². The fourth-order valence-electron chi connectivity index (χ4n) is 13.7. The number of nitrogens with zero attached hydrogens (tertiary/aromatic N) is 3. The summed E-state index contributed by atoms with van der Waals surface area (Å²) in [7, 11) is 6.29. The summed E-state index contributed by atoms with van der Waals surface area (Å²) in [5.41, 5.74) is 12.3. The zero-order valence-corrected chi connectivity index (χ0v) is 49.2. The van der Waals surface area contributed by atoms with Gasteiger partial charge in [-0.2, -0.15) is 0 Å². The van der Waals surface area contributed by atoms with E-state index in [4.69, 9.17) is 12.3 Å². The van der Waals surface area contributed by atoms with Crippen LogP contribution in [-0.2, 0) is 16.2 Å². The van der Waals surface area contributed by atoms with Crippen LogP contribution in [0.2, 0.25) is 0 Å². The molecule has 84 heavy (non-hydrogen) atoms. The minimum Gasteiger partial charge on any atom is -0.507 e. The zero-order valence-electron chi connectivity index (χ0n) is 48.3. The summed E-state index contributed by atoms with van der Waals surface area (Å²) >= 11 is 1.06. The molecule has 0 saturated heterocycles. The van der Waals surface area contributed by atoms with E-state index in [-0.39, 0.29) is 38.3 Å². The lowest BCUT2D eigenvalue weighted by molar-refractivity contribution is 0.395. The maximum atomic E-state index is 16.1. The molecule has 0 aliphatic carbocycles. The quantitative estimate of drug-likeness (QED) is 0.0377. The number of anilines is 6. The van der Waals surface area contributed by atoms with Gasteiger partial charge in [0, 0.05) is 60.1 Å². The minimum atomic E-state index is -0.752. The Kier molecular flexibility index (Phi) is 10.4. The number of fused-ring (bicyclic) bond motifs is 8. The van der Waals surface area contributed by atoms with Crippen LogP contribution < -0.4 is 42.5 Å². The van der Waals surface area contributed by atoms with E-state index >= 15 is 9.59 Å². The Morgan fingerprint density at radius 2 is 1.14 bits per heavy atom. The molecule has 0 atom stereocenters. The highest BCUT2D eigenvalue weighted by atomic mass is 32.2. The molecule has 0 fully saturated rings. The molecule has 3 aliphatic rings. The van der Waals surface area contributed by atoms with Crippen molar-refractivity contribution in [2.24, 2.45) is 0 Å². The van der Waals surface area contributed by atoms with Gasteiger partial charge in [0.15, 0.2) is 33.9 Å². The van der Waals surface area contributed by atoms with Gasteiger partial charge in [0.05, 0.1) is 26.8 Å². The van der Waals surface area contributed by atoms with E-state index in [1.54, 1.807) is 18.7 Å². The van der Waals surface area contributed by atoms with Crippen LogP contribution in [0.3, 0.4) is 0 Å². The lowest BCUT2D eigenvalue weighted by atomic mass is 9.33. The van der Waals surface area contributed by atoms with Gasteiger partial charge >= 0.3 is 0 Å². The molecule has 15 rings (SSSR count). The first kappa shape index (κ1) is 51.8. The molecule has 0 unspecified atom stereocenters. The smallest absolute Gasteiger partial charge is 0.252 e. The standard InChI is InChI=1S/C70H57B2N3O8S/c1-31-32(2)66-56(63(81)58(31)76)74(57-64(82)61(79)51(71)62(80)67(57)84-66)37-23-24-45-47(29-37)73(36-21-19-33(20-22-36)38-16-14-17-40-39-15-12-13-18-49(39)83-65(38)40)48-30-44(70(9,10)11)50-55-52(48)72(45)46-28-35(69(6,7)8)27-43-54(46)75(55)53-41(59(43)77)25-34(68(3,4)5)26-42(53)60(50)78/h12-30,76,79-82H,1-11H3. The second-order valence-corrected chi connectivity index (χ2v) is 27.3. The van der Waals surface area contributed by atoms with Crippen LogP contribution in [0.4, 0.5) is 34.1 Å².